The number of unbranched alkanes of at least 4 members (excludes halogenated alkanes) is 1. The van der Waals surface area contributed by atoms with Gasteiger partial charge in [0.2, 0.25) is 5.91 Å². The lowest BCUT2D eigenvalue weighted by Gasteiger charge is -2.32. The summed E-state index contributed by atoms with van der Waals surface area (Å²) in [5.74, 6) is 1.42. The van der Waals surface area contributed by atoms with Crippen LogP contribution in [-0.2, 0) is 4.79 Å². The van der Waals surface area contributed by atoms with E-state index >= 15 is 0 Å². The number of nitrogens with zero attached hydrogens (tertiary/aromatic N) is 3. The highest BCUT2D eigenvalue weighted by molar-refractivity contribution is 5.79. The van der Waals surface area contributed by atoms with Gasteiger partial charge in [-0.1, -0.05) is 39.3 Å². The predicted molar refractivity (Wildman–Crippen MR) is 128 cm³/mol. The van der Waals surface area contributed by atoms with Crippen molar-refractivity contribution < 1.29 is 9.53 Å². The van der Waals surface area contributed by atoms with Gasteiger partial charge in [0.05, 0.1) is 29.7 Å². The Kier molecular flexibility index (Phi) is 8.03. The number of carbonyl (C=O) groups is 1. The van der Waals surface area contributed by atoms with E-state index in [0.717, 1.165) is 19.3 Å². The lowest BCUT2D eigenvalue weighted by Crippen LogP contribution is -2.39. The van der Waals surface area contributed by atoms with E-state index in [2.05, 4.69) is 6.92 Å². The van der Waals surface area contributed by atoms with Gasteiger partial charge in [-0.15, -0.1) is 0 Å². The van der Waals surface area contributed by atoms with Crippen LogP contribution in [0.25, 0.3) is 16.6 Å². The predicted octanol–water partition coefficient (Wildman–Crippen LogP) is 5.27. The lowest BCUT2D eigenvalue weighted by molar-refractivity contribution is -0.134. The molecule has 1 aromatic heterocycles. The van der Waals surface area contributed by atoms with Crippen LogP contribution in [0.15, 0.2) is 53.3 Å². The number of carbonyl (C=O) groups excluding carboxylic acids is 1. The fraction of sp³-hybridized carbons (Fsp3) is 0.423. The van der Waals surface area contributed by atoms with Crippen LogP contribution in [0.1, 0.15) is 64.7 Å². The van der Waals surface area contributed by atoms with E-state index in [-0.39, 0.29) is 17.5 Å². The number of rotatable bonds is 10. The lowest BCUT2D eigenvalue weighted by atomic mass is 10.1. The molecular formula is C26H33N3O3. The zero-order valence-corrected chi connectivity index (χ0v) is 19.5. The fourth-order valence-corrected chi connectivity index (χ4v) is 4.04. The minimum absolute atomic E-state index is 0.108. The third-order valence-electron chi connectivity index (χ3n) is 5.73. The van der Waals surface area contributed by atoms with Crippen LogP contribution in [0.2, 0.25) is 0 Å². The molecular weight excluding hydrogens is 402 g/mol. The SMILES string of the molecule is CCCCN(C(=O)CCC)C(CC)c1nc2ccccc2c(=O)n1-c1ccc(OC)cc1. The number of amides is 1. The maximum atomic E-state index is 13.6. The van der Waals surface area contributed by atoms with Crippen LogP contribution in [0, 0.1) is 0 Å². The third kappa shape index (κ3) is 4.85. The van der Waals surface area contributed by atoms with E-state index in [4.69, 9.17) is 9.72 Å². The van der Waals surface area contributed by atoms with E-state index in [1.54, 1.807) is 17.7 Å². The minimum Gasteiger partial charge on any atom is -0.497 e. The maximum Gasteiger partial charge on any atom is 0.266 e. The summed E-state index contributed by atoms with van der Waals surface area (Å²) in [6, 6.07) is 14.5. The van der Waals surface area contributed by atoms with Gasteiger partial charge in [-0.2, -0.15) is 0 Å². The van der Waals surface area contributed by atoms with Gasteiger partial charge in [-0.3, -0.25) is 14.2 Å². The van der Waals surface area contributed by atoms with Crippen LogP contribution in [-0.4, -0.2) is 34.0 Å². The maximum absolute atomic E-state index is 13.6. The second-order valence-electron chi connectivity index (χ2n) is 7.94. The van der Waals surface area contributed by atoms with Crippen molar-refractivity contribution in [3.8, 4) is 11.4 Å². The number of aromatic nitrogens is 2. The topological polar surface area (TPSA) is 64.4 Å². The summed E-state index contributed by atoms with van der Waals surface area (Å²) >= 11 is 0. The highest BCUT2D eigenvalue weighted by atomic mass is 16.5. The van der Waals surface area contributed by atoms with Gasteiger partial charge in [-0.25, -0.2) is 4.98 Å². The van der Waals surface area contributed by atoms with Crippen LogP contribution in [0.3, 0.4) is 0 Å². The van der Waals surface area contributed by atoms with E-state index in [1.165, 1.54) is 0 Å². The molecule has 0 aliphatic rings. The van der Waals surface area contributed by atoms with E-state index in [1.807, 2.05) is 61.2 Å². The molecule has 170 valence electrons. The van der Waals surface area contributed by atoms with Gasteiger partial charge in [0.1, 0.15) is 11.6 Å². The van der Waals surface area contributed by atoms with Crippen LogP contribution in [0.5, 0.6) is 5.75 Å². The van der Waals surface area contributed by atoms with Crippen molar-refractivity contribution in [2.75, 3.05) is 13.7 Å². The molecule has 0 bridgehead atoms. The molecule has 0 spiro atoms. The highest BCUT2D eigenvalue weighted by Gasteiger charge is 2.28. The van der Waals surface area contributed by atoms with E-state index in [9.17, 15) is 9.59 Å². The molecule has 0 saturated heterocycles. The molecule has 2 aromatic carbocycles. The Morgan fingerprint density at radius 3 is 2.41 bits per heavy atom. The summed E-state index contributed by atoms with van der Waals surface area (Å²) < 4.78 is 6.95. The van der Waals surface area contributed by atoms with Gasteiger partial charge < -0.3 is 9.64 Å². The first-order valence-corrected chi connectivity index (χ1v) is 11.5. The average Bonchev–Trinajstić information content (AvgIpc) is 2.82. The monoisotopic (exact) mass is 435 g/mol. The highest BCUT2D eigenvalue weighted by Crippen LogP contribution is 2.27. The Morgan fingerprint density at radius 2 is 1.78 bits per heavy atom. The summed E-state index contributed by atoms with van der Waals surface area (Å²) in [6.07, 6.45) is 3.84. The first-order valence-electron chi connectivity index (χ1n) is 11.5. The smallest absolute Gasteiger partial charge is 0.266 e. The normalized spacial score (nSPS) is 12.0. The molecule has 1 atom stereocenters. The molecule has 32 heavy (non-hydrogen) atoms. The average molecular weight is 436 g/mol. The number of para-hydroxylation sites is 1. The summed E-state index contributed by atoms with van der Waals surface area (Å²) in [5.41, 5.74) is 1.22. The van der Waals surface area contributed by atoms with Crippen molar-refractivity contribution in [2.45, 2.75) is 58.9 Å². The molecule has 0 N–H and O–H groups in total. The van der Waals surface area contributed by atoms with Crippen molar-refractivity contribution in [2.24, 2.45) is 0 Å². The van der Waals surface area contributed by atoms with Crippen LogP contribution in [0.4, 0.5) is 0 Å². The zero-order chi connectivity index (χ0) is 23.1. The van der Waals surface area contributed by atoms with Gasteiger partial charge >= 0.3 is 0 Å². The van der Waals surface area contributed by atoms with Crippen molar-refractivity contribution in [1.82, 2.24) is 14.5 Å². The van der Waals surface area contributed by atoms with Crippen molar-refractivity contribution in [3.63, 3.8) is 0 Å². The number of ether oxygens (including phenoxy) is 1. The summed E-state index contributed by atoms with van der Waals surface area (Å²) in [7, 11) is 1.61. The Hall–Kier alpha value is -3.15. The number of hydrogen-bond acceptors (Lipinski definition) is 4. The zero-order valence-electron chi connectivity index (χ0n) is 19.5. The van der Waals surface area contributed by atoms with E-state index in [0.29, 0.717) is 47.6 Å². The molecule has 3 aromatic rings. The number of benzene rings is 2. The van der Waals surface area contributed by atoms with Gasteiger partial charge in [0.25, 0.3) is 5.56 Å². The molecule has 0 saturated carbocycles. The number of hydrogen-bond donors (Lipinski definition) is 0. The molecule has 6 nitrogen and oxygen atoms in total. The van der Waals surface area contributed by atoms with Crippen molar-refractivity contribution in [1.29, 1.82) is 0 Å². The minimum atomic E-state index is -0.292. The Morgan fingerprint density at radius 1 is 1.06 bits per heavy atom. The Labute approximate surface area is 189 Å². The molecule has 1 amide bonds. The van der Waals surface area contributed by atoms with Crippen molar-refractivity contribution >= 4 is 16.8 Å². The van der Waals surface area contributed by atoms with Crippen LogP contribution < -0.4 is 10.3 Å². The Balaban J connectivity index is 2.25. The van der Waals surface area contributed by atoms with Gasteiger partial charge in [0.15, 0.2) is 0 Å². The largest absolute Gasteiger partial charge is 0.497 e. The molecule has 0 aliphatic carbocycles. The van der Waals surface area contributed by atoms with E-state index < -0.39 is 0 Å². The quantitative estimate of drug-likeness (QED) is 0.435. The summed E-state index contributed by atoms with van der Waals surface area (Å²) in [4.78, 5) is 33.6. The number of methoxy groups -OCH3 is 1. The van der Waals surface area contributed by atoms with Gasteiger partial charge in [-0.05, 0) is 55.7 Å². The first kappa shape index (κ1) is 23.5. The van der Waals surface area contributed by atoms with Crippen molar-refractivity contribution in [3.05, 3.63) is 64.7 Å². The summed E-state index contributed by atoms with van der Waals surface area (Å²) in [5, 5.41) is 0.557. The summed E-state index contributed by atoms with van der Waals surface area (Å²) in [6.45, 7) is 6.82. The second-order valence-corrected chi connectivity index (χ2v) is 7.94. The van der Waals surface area contributed by atoms with Crippen LogP contribution >= 0.6 is 0 Å². The molecule has 0 aliphatic heterocycles. The molecule has 0 fully saturated rings. The third-order valence-corrected chi connectivity index (χ3v) is 5.73. The molecule has 3 rings (SSSR count). The second kappa shape index (κ2) is 10.9. The molecule has 0 radical (unpaired) electrons. The molecule has 6 heteroatoms. The Bertz CT molecular complexity index is 1110. The number of fused-ring (bicyclic) bond motifs is 1. The fourth-order valence-electron chi connectivity index (χ4n) is 4.04. The first-order chi connectivity index (χ1) is 15.5. The van der Waals surface area contributed by atoms with Gasteiger partial charge in [0, 0.05) is 13.0 Å². The molecule has 1 unspecified atom stereocenters. The standard InChI is InChI=1S/C26H33N3O3/c1-5-8-18-28(24(30)11-6-2)23(7-3)25-27-22-13-10-9-12-21(22)26(31)29(25)19-14-16-20(32-4)17-15-19/h9-10,12-17,23H,5-8,11,18H2,1-4H3. The molecule has 1 heterocycles.